The lowest BCUT2D eigenvalue weighted by Crippen LogP contribution is -2.39. The summed E-state index contributed by atoms with van der Waals surface area (Å²) in [5, 5.41) is 6.40. The first-order valence-electron chi connectivity index (χ1n) is 13.7. The van der Waals surface area contributed by atoms with E-state index in [1.54, 1.807) is 0 Å². The number of nitrogens with one attached hydrogen (secondary N) is 2. The summed E-state index contributed by atoms with van der Waals surface area (Å²) in [6.07, 6.45) is 1.94. The first-order chi connectivity index (χ1) is 19.0. The van der Waals surface area contributed by atoms with Crippen LogP contribution in [0, 0.1) is 0 Å². The molecule has 206 valence electrons. The van der Waals surface area contributed by atoms with Gasteiger partial charge in [0.2, 0.25) is 5.91 Å². The van der Waals surface area contributed by atoms with E-state index >= 15 is 0 Å². The van der Waals surface area contributed by atoms with E-state index in [4.69, 9.17) is 14.2 Å². The summed E-state index contributed by atoms with van der Waals surface area (Å²) in [5.74, 6) is -0.603. The molecule has 1 saturated carbocycles. The molecule has 39 heavy (non-hydrogen) atoms. The average molecular weight is 532 g/mol. The highest BCUT2D eigenvalue weighted by molar-refractivity contribution is 6.02. The number of amides is 1. The fourth-order valence-corrected chi connectivity index (χ4v) is 5.12. The third-order valence-corrected chi connectivity index (χ3v) is 7.35. The number of allylic oxidation sites excluding steroid dienone is 2. The summed E-state index contributed by atoms with van der Waals surface area (Å²) in [5.41, 5.74) is 4.14. The zero-order valence-electron chi connectivity index (χ0n) is 22.7. The second kappa shape index (κ2) is 12.5. The molecule has 2 aliphatic heterocycles. The van der Waals surface area contributed by atoms with Gasteiger partial charge in [-0.3, -0.25) is 9.69 Å². The molecule has 2 fully saturated rings. The van der Waals surface area contributed by atoms with Crippen molar-refractivity contribution in [3.05, 3.63) is 88.3 Å². The first kappa shape index (κ1) is 27.0. The number of esters is 1. The quantitative estimate of drug-likeness (QED) is 0.453. The Morgan fingerprint density at radius 2 is 1.67 bits per heavy atom. The highest BCUT2D eigenvalue weighted by Crippen LogP contribution is 2.43. The molecule has 0 radical (unpaired) electrons. The summed E-state index contributed by atoms with van der Waals surface area (Å²) in [6, 6.07) is 17.7. The van der Waals surface area contributed by atoms with E-state index in [9.17, 15) is 9.59 Å². The summed E-state index contributed by atoms with van der Waals surface area (Å²) in [4.78, 5) is 29.5. The van der Waals surface area contributed by atoms with Crippen LogP contribution in [0.2, 0.25) is 0 Å². The summed E-state index contributed by atoms with van der Waals surface area (Å²) < 4.78 is 17.5. The zero-order valence-corrected chi connectivity index (χ0v) is 22.7. The third kappa shape index (κ3) is 6.69. The van der Waals surface area contributed by atoms with Gasteiger partial charge in [0.25, 0.3) is 0 Å². The normalized spacial score (nSPS) is 19.9. The van der Waals surface area contributed by atoms with Crippen LogP contribution in [-0.2, 0) is 25.7 Å². The van der Waals surface area contributed by atoms with Gasteiger partial charge in [-0.2, -0.15) is 0 Å². The number of morpholine rings is 1. The van der Waals surface area contributed by atoms with Crippen molar-refractivity contribution in [2.24, 2.45) is 0 Å². The molecular formula is C31H37N3O5. The smallest absolute Gasteiger partial charge is 0.336 e. The molecule has 2 N–H and O–H groups in total. The molecule has 1 amide bonds. The van der Waals surface area contributed by atoms with Gasteiger partial charge in [0.05, 0.1) is 24.7 Å². The molecule has 2 aromatic rings. The first-order valence-corrected chi connectivity index (χ1v) is 13.7. The maximum atomic E-state index is 13.7. The van der Waals surface area contributed by atoms with Crippen molar-refractivity contribution >= 4 is 11.9 Å². The number of hydrogen-bond acceptors (Lipinski definition) is 7. The van der Waals surface area contributed by atoms with Crippen LogP contribution in [0.4, 0.5) is 0 Å². The lowest BCUT2D eigenvalue weighted by Gasteiger charge is -2.32. The largest absolute Gasteiger partial charge is 0.489 e. The summed E-state index contributed by atoms with van der Waals surface area (Å²) >= 11 is 0. The molecule has 0 aromatic heterocycles. The molecule has 2 heterocycles. The maximum absolute atomic E-state index is 13.7. The Kier molecular flexibility index (Phi) is 8.64. The lowest BCUT2D eigenvalue weighted by atomic mass is 9.79. The van der Waals surface area contributed by atoms with Gasteiger partial charge in [-0.15, -0.1) is 0 Å². The van der Waals surface area contributed by atoms with Crippen molar-refractivity contribution in [2.75, 3.05) is 39.5 Å². The van der Waals surface area contributed by atoms with E-state index in [1.165, 1.54) is 0 Å². The summed E-state index contributed by atoms with van der Waals surface area (Å²) in [7, 11) is 0. The van der Waals surface area contributed by atoms with E-state index < -0.39 is 11.9 Å². The monoisotopic (exact) mass is 531 g/mol. The molecule has 1 atom stereocenters. The number of benzene rings is 2. The van der Waals surface area contributed by atoms with Gasteiger partial charge in [0.1, 0.15) is 19.0 Å². The Labute approximate surface area is 230 Å². The molecule has 2 aromatic carbocycles. The van der Waals surface area contributed by atoms with Crippen molar-refractivity contribution in [2.45, 2.75) is 45.3 Å². The fourth-order valence-electron chi connectivity index (χ4n) is 5.12. The average Bonchev–Trinajstić information content (AvgIpc) is 3.76. The SMILES string of the molecule is CC1=C(C(=O)NC2CC2)C(c2ccccc2OCc2ccccc2)C(C(=O)OCCN2CCOCC2)=C(C)N1. The molecule has 3 aliphatic rings. The molecule has 1 aliphatic carbocycles. The minimum Gasteiger partial charge on any atom is -0.489 e. The molecule has 0 bridgehead atoms. The van der Waals surface area contributed by atoms with Gasteiger partial charge in [0.15, 0.2) is 0 Å². The summed E-state index contributed by atoms with van der Waals surface area (Å²) in [6.45, 7) is 8.04. The number of rotatable bonds is 10. The van der Waals surface area contributed by atoms with Crippen molar-refractivity contribution in [1.29, 1.82) is 0 Å². The van der Waals surface area contributed by atoms with Crippen LogP contribution in [0.25, 0.3) is 0 Å². The third-order valence-electron chi connectivity index (χ3n) is 7.35. The highest BCUT2D eigenvalue weighted by atomic mass is 16.5. The van der Waals surface area contributed by atoms with Crippen LogP contribution < -0.4 is 15.4 Å². The molecule has 1 saturated heterocycles. The number of carbonyl (C=O) groups is 2. The minimum atomic E-state index is -0.632. The fraction of sp³-hybridized carbons (Fsp3) is 0.419. The number of ether oxygens (including phenoxy) is 3. The standard InChI is InChI=1S/C31H37N3O5/c1-21-27(30(35)33-24-12-13-24)29(25-10-6-7-11-26(25)39-20-23-8-4-3-5-9-23)28(22(2)32-21)31(36)38-19-16-34-14-17-37-18-15-34/h3-11,24,29,32H,12-20H2,1-2H3,(H,33,35). The predicted molar refractivity (Wildman–Crippen MR) is 148 cm³/mol. The zero-order chi connectivity index (χ0) is 27.2. The lowest BCUT2D eigenvalue weighted by molar-refractivity contribution is -0.140. The highest BCUT2D eigenvalue weighted by Gasteiger charge is 2.40. The Morgan fingerprint density at radius 1 is 0.974 bits per heavy atom. The van der Waals surface area contributed by atoms with Crippen molar-refractivity contribution in [3.63, 3.8) is 0 Å². The van der Waals surface area contributed by atoms with Crippen molar-refractivity contribution < 1.29 is 23.8 Å². The van der Waals surface area contributed by atoms with Gasteiger partial charge in [-0.1, -0.05) is 48.5 Å². The van der Waals surface area contributed by atoms with Crippen LogP contribution in [-0.4, -0.2) is 62.3 Å². The Bertz CT molecular complexity index is 1250. The Hall–Kier alpha value is -3.62. The van der Waals surface area contributed by atoms with Crippen molar-refractivity contribution in [3.8, 4) is 5.75 Å². The molecule has 0 spiro atoms. The van der Waals surface area contributed by atoms with Gasteiger partial charge in [-0.05, 0) is 38.3 Å². The Morgan fingerprint density at radius 3 is 2.41 bits per heavy atom. The molecule has 8 heteroatoms. The predicted octanol–water partition coefficient (Wildman–Crippen LogP) is 3.65. The van der Waals surface area contributed by atoms with Gasteiger partial charge in [-0.25, -0.2) is 4.79 Å². The minimum absolute atomic E-state index is 0.170. The maximum Gasteiger partial charge on any atom is 0.336 e. The molecule has 8 nitrogen and oxygen atoms in total. The second-order valence-electron chi connectivity index (χ2n) is 10.3. The number of carbonyl (C=O) groups excluding carboxylic acids is 2. The number of hydrogen-bond donors (Lipinski definition) is 2. The topological polar surface area (TPSA) is 89.1 Å². The van der Waals surface area contributed by atoms with Crippen molar-refractivity contribution in [1.82, 2.24) is 15.5 Å². The van der Waals surface area contributed by atoms with Crippen LogP contribution in [0.1, 0.15) is 43.7 Å². The second-order valence-corrected chi connectivity index (χ2v) is 10.3. The van der Waals surface area contributed by atoms with E-state index in [0.29, 0.717) is 49.0 Å². The number of para-hydroxylation sites is 1. The van der Waals surface area contributed by atoms with E-state index in [-0.39, 0.29) is 18.6 Å². The van der Waals surface area contributed by atoms with Gasteiger partial charge in [0, 0.05) is 48.2 Å². The number of nitrogens with zero attached hydrogens (tertiary/aromatic N) is 1. The van der Waals surface area contributed by atoms with Crippen LogP contribution in [0.3, 0.4) is 0 Å². The molecule has 5 rings (SSSR count). The van der Waals surface area contributed by atoms with Crippen LogP contribution in [0.15, 0.2) is 77.1 Å². The van der Waals surface area contributed by atoms with Gasteiger partial charge >= 0.3 is 5.97 Å². The van der Waals surface area contributed by atoms with Gasteiger partial charge < -0.3 is 24.8 Å². The van der Waals surface area contributed by atoms with E-state index in [0.717, 1.165) is 42.8 Å². The van der Waals surface area contributed by atoms with E-state index in [1.807, 2.05) is 68.4 Å². The van der Waals surface area contributed by atoms with Crippen LogP contribution >= 0.6 is 0 Å². The number of dihydropyridines is 1. The molecule has 1 unspecified atom stereocenters. The molecular weight excluding hydrogens is 494 g/mol. The van der Waals surface area contributed by atoms with Crippen LogP contribution in [0.5, 0.6) is 5.75 Å². The Balaban J connectivity index is 1.44. The van der Waals surface area contributed by atoms with E-state index in [2.05, 4.69) is 15.5 Å².